The molecule has 2 rings (SSSR count). The Balaban J connectivity index is 0.00000288. The molecule has 24 heavy (non-hydrogen) atoms. The second-order valence-corrected chi connectivity index (χ2v) is 6.54. The Bertz CT molecular complexity index is 497. The molecule has 0 radical (unpaired) electrons. The van der Waals surface area contributed by atoms with Crippen LogP contribution in [0.25, 0.3) is 0 Å². The molecule has 0 aliphatic carbocycles. The zero-order valence-electron chi connectivity index (χ0n) is 14.8. The van der Waals surface area contributed by atoms with Gasteiger partial charge in [-0.05, 0) is 50.1 Å². The highest BCUT2D eigenvalue weighted by Gasteiger charge is 2.27. The Kier molecular flexibility index (Phi) is 8.73. The van der Waals surface area contributed by atoms with E-state index in [4.69, 9.17) is 0 Å². The lowest BCUT2D eigenvalue weighted by atomic mass is 9.79. The summed E-state index contributed by atoms with van der Waals surface area (Å²) in [6.07, 6.45) is 6.72. The average Bonchev–Trinajstić information content (AvgIpc) is 3.09. The summed E-state index contributed by atoms with van der Waals surface area (Å²) in [4.78, 5) is 12.4. The molecule has 0 spiro atoms. The Morgan fingerprint density at radius 2 is 2.25 bits per heavy atom. The van der Waals surface area contributed by atoms with E-state index in [0.29, 0.717) is 24.7 Å². The van der Waals surface area contributed by atoms with Crippen molar-refractivity contribution in [1.82, 2.24) is 20.4 Å². The maximum absolute atomic E-state index is 12.4. The predicted octanol–water partition coefficient (Wildman–Crippen LogP) is 2.15. The van der Waals surface area contributed by atoms with Gasteiger partial charge in [0.1, 0.15) is 5.69 Å². The zero-order chi connectivity index (χ0) is 16.7. The van der Waals surface area contributed by atoms with Crippen LogP contribution in [0, 0.1) is 5.41 Å². The summed E-state index contributed by atoms with van der Waals surface area (Å²) >= 11 is 0. The van der Waals surface area contributed by atoms with E-state index in [1.165, 1.54) is 0 Å². The Morgan fingerprint density at radius 1 is 1.50 bits per heavy atom. The summed E-state index contributed by atoms with van der Waals surface area (Å²) in [5.41, 5.74) is 0.445. The second kappa shape index (κ2) is 10.0. The number of carbonyl (C=O) groups excluding carboxylic acids is 1. The van der Waals surface area contributed by atoms with Gasteiger partial charge in [-0.2, -0.15) is 5.10 Å². The lowest BCUT2D eigenvalue weighted by Gasteiger charge is -2.31. The van der Waals surface area contributed by atoms with Crippen LogP contribution in [0.15, 0.2) is 12.3 Å². The highest BCUT2D eigenvalue weighted by molar-refractivity contribution is 5.92. The van der Waals surface area contributed by atoms with Gasteiger partial charge in [-0.1, -0.05) is 13.8 Å². The van der Waals surface area contributed by atoms with E-state index < -0.39 is 0 Å². The number of amides is 1. The summed E-state index contributed by atoms with van der Waals surface area (Å²) in [5.74, 6) is -0.128. The van der Waals surface area contributed by atoms with Gasteiger partial charge in [0.15, 0.2) is 0 Å². The van der Waals surface area contributed by atoms with Gasteiger partial charge in [-0.3, -0.25) is 9.48 Å². The van der Waals surface area contributed by atoms with Gasteiger partial charge >= 0.3 is 0 Å². The van der Waals surface area contributed by atoms with Gasteiger partial charge < -0.3 is 15.7 Å². The smallest absolute Gasteiger partial charge is 0.271 e. The van der Waals surface area contributed by atoms with Crippen LogP contribution in [0.5, 0.6) is 0 Å². The Morgan fingerprint density at radius 3 is 2.83 bits per heavy atom. The lowest BCUT2D eigenvalue weighted by molar-refractivity contribution is 0.0901. The van der Waals surface area contributed by atoms with Crippen molar-refractivity contribution in [3.63, 3.8) is 0 Å². The number of nitrogens with zero attached hydrogens (tertiary/aromatic N) is 2. The monoisotopic (exact) mass is 358 g/mol. The fourth-order valence-corrected chi connectivity index (χ4v) is 3.26. The Labute approximate surface area is 150 Å². The van der Waals surface area contributed by atoms with Crippen LogP contribution in [0.2, 0.25) is 0 Å². The van der Waals surface area contributed by atoms with Gasteiger partial charge in [0.25, 0.3) is 5.91 Å². The topological polar surface area (TPSA) is 79.2 Å². The molecular weight excluding hydrogens is 328 g/mol. The molecule has 1 aromatic heterocycles. The molecule has 1 aliphatic heterocycles. The third-order valence-corrected chi connectivity index (χ3v) is 5.25. The molecule has 1 saturated heterocycles. The van der Waals surface area contributed by atoms with Crippen molar-refractivity contribution in [3.05, 3.63) is 18.0 Å². The average molecular weight is 359 g/mol. The normalized spacial score (nSPS) is 18.0. The number of carbonyl (C=O) groups is 1. The molecule has 1 atom stereocenters. The van der Waals surface area contributed by atoms with Crippen molar-refractivity contribution in [3.8, 4) is 0 Å². The first-order valence-electron chi connectivity index (χ1n) is 8.79. The largest absolute Gasteiger partial charge is 0.396 e. The van der Waals surface area contributed by atoms with Gasteiger partial charge in [-0.15, -0.1) is 12.4 Å². The minimum atomic E-state index is -0.128. The standard InChI is InChI=1S/C17H30N4O2.ClH/c1-3-17(4-2,8-11-22)13-19-16(23)15-7-10-21(20-15)14-6-5-9-18-12-14;/h7,10,14,18,22H,3-6,8-9,11-13H2,1-2H3,(H,19,23);1H. The number of hydrogen-bond donors (Lipinski definition) is 3. The molecule has 1 unspecified atom stereocenters. The fraction of sp³-hybridized carbons (Fsp3) is 0.765. The van der Waals surface area contributed by atoms with Crippen LogP contribution < -0.4 is 10.6 Å². The van der Waals surface area contributed by atoms with E-state index in [2.05, 4.69) is 29.6 Å². The first-order chi connectivity index (χ1) is 11.1. The summed E-state index contributed by atoms with van der Waals surface area (Å²) < 4.78 is 1.90. The molecule has 0 saturated carbocycles. The SMILES string of the molecule is CCC(CC)(CCO)CNC(=O)c1ccn(C2CCCNC2)n1.Cl. The van der Waals surface area contributed by atoms with E-state index in [-0.39, 0.29) is 30.3 Å². The van der Waals surface area contributed by atoms with Crippen molar-refractivity contribution in [1.29, 1.82) is 0 Å². The van der Waals surface area contributed by atoms with Crippen LogP contribution in [-0.4, -0.2) is 47.0 Å². The van der Waals surface area contributed by atoms with E-state index in [1.54, 1.807) is 6.07 Å². The molecule has 2 heterocycles. The molecule has 0 bridgehead atoms. The fourth-order valence-electron chi connectivity index (χ4n) is 3.26. The maximum atomic E-state index is 12.4. The molecule has 1 aromatic rings. The van der Waals surface area contributed by atoms with Gasteiger partial charge in [0, 0.05) is 25.9 Å². The lowest BCUT2D eigenvalue weighted by Crippen LogP contribution is -2.38. The molecule has 1 fully saturated rings. The highest BCUT2D eigenvalue weighted by Crippen LogP contribution is 2.29. The van der Waals surface area contributed by atoms with Crippen LogP contribution in [0.3, 0.4) is 0 Å². The van der Waals surface area contributed by atoms with Crippen LogP contribution in [-0.2, 0) is 0 Å². The summed E-state index contributed by atoms with van der Waals surface area (Å²) in [6.45, 7) is 6.92. The summed E-state index contributed by atoms with van der Waals surface area (Å²) in [7, 11) is 0. The number of aliphatic hydroxyl groups excluding tert-OH is 1. The Hall–Kier alpha value is -1.11. The van der Waals surface area contributed by atoms with E-state index in [1.807, 2.05) is 10.9 Å². The van der Waals surface area contributed by atoms with Crippen molar-refractivity contribution >= 4 is 18.3 Å². The highest BCUT2D eigenvalue weighted by atomic mass is 35.5. The van der Waals surface area contributed by atoms with Crippen LogP contribution >= 0.6 is 12.4 Å². The third kappa shape index (κ3) is 5.19. The molecule has 7 heteroatoms. The van der Waals surface area contributed by atoms with Crippen LogP contribution in [0.1, 0.15) is 62.5 Å². The summed E-state index contributed by atoms with van der Waals surface area (Å²) in [5, 5.41) is 20.1. The quantitative estimate of drug-likeness (QED) is 0.665. The molecule has 0 aromatic carbocycles. The van der Waals surface area contributed by atoms with Crippen molar-refractivity contribution < 1.29 is 9.90 Å². The number of nitrogens with one attached hydrogen (secondary N) is 2. The van der Waals surface area contributed by atoms with Gasteiger partial charge in [0.05, 0.1) is 6.04 Å². The number of aromatic nitrogens is 2. The molecule has 3 N–H and O–H groups in total. The minimum absolute atomic E-state index is 0. The molecule has 6 nitrogen and oxygen atoms in total. The van der Waals surface area contributed by atoms with Crippen molar-refractivity contribution in [2.75, 3.05) is 26.2 Å². The molecule has 1 amide bonds. The van der Waals surface area contributed by atoms with Gasteiger partial charge in [0.2, 0.25) is 0 Å². The van der Waals surface area contributed by atoms with E-state index in [9.17, 15) is 9.90 Å². The minimum Gasteiger partial charge on any atom is -0.396 e. The molecule has 1 aliphatic rings. The van der Waals surface area contributed by atoms with Gasteiger partial charge in [-0.25, -0.2) is 0 Å². The molecular formula is C17H31ClN4O2. The zero-order valence-corrected chi connectivity index (χ0v) is 15.6. The summed E-state index contributed by atoms with van der Waals surface area (Å²) in [6, 6.07) is 2.13. The van der Waals surface area contributed by atoms with E-state index >= 15 is 0 Å². The predicted molar refractivity (Wildman–Crippen MR) is 97.7 cm³/mol. The number of rotatable bonds is 8. The first kappa shape index (κ1) is 20.9. The van der Waals surface area contributed by atoms with Crippen LogP contribution in [0.4, 0.5) is 0 Å². The second-order valence-electron chi connectivity index (χ2n) is 6.54. The number of aliphatic hydroxyl groups is 1. The van der Waals surface area contributed by atoms with Crippen molar-refractivity contribution in [2.45, 2.75) is 52.0 Å². The van der Waals surface area contributed by atoms with E-state index in [0.717, 1.165) is 38.8 Å². The molecule has 138 valence electrons. The number of hydrogen-bond acceptors (Lipinski definition) is 4. The van der Waals surface area contributed by atoms with Crippen molar-refractivity contribution in [2.24, 2.45) is 5.41 Å². The maximum Gasteiger partial charge on any atom is 0.271 e. The third-order valence-electron chi connectivity index (χ3n) is 5.25. The number of piperidine rings is 1. The first-order valence-corrected chi connectivity index (χ1v) is 8.79. The number of halogens is 1.